The number of aromatic nitrogens is 4. The van der Waals surface area contributed by atoms with E-state index >= 15 is 0 Å². The van der Waals surface area contributed by atoms with E-state index in [9.17, 15) is 19.5 Å². The van der Waals surface area contributed by atoms with Gasteiger partial charge in [0.2, 0.25) is 11.9 Å². The highest BCUT2D eigenvalue weighted by molar-refractivity contribution is 9.10. The number of anilines is 2. The van der Waals surface area contributed by atoms with Gasteiger partial charge in [-0.25, -0.2) is 14.6 Å². The minimum absolute atomic E-state index is 0.0989. The molecule has 4 aliphatic rings. The summed E-state index contributed by atoms with van der Waals surface area (Å²) < 4.78 is 1.80. The van der Waals surface area contributed by atoms with Gasteiger partial charge in [0.15, 0.2) is 0 Å². The van der Waals surface area contributed by atoms with Crippen molar-refractivity contribution in [1.82, 2.24) is 34.9 Å². The second kappa shape index (κ2) is 14.4. The van der Waals surface area contributed by atoms with E-state index in [2.05, 4.69) is 70.6 Å². The molecule has 3 N–H and O–H groups in total. The van der Waals surface area contributed by atoms with Crippen molar-refractivity contribution in [3.63, 3.8) is 0 Å². The van der Waals surface area contributed by atoms with E-state index < -0.39 is 6.23 Å². The second-order valence-corrected chi connectivity index (χ2v) is 15.5. The monoisotopic (exact) mass is 747 g/mol. The van der Waals surface area contributed by atoms with E-state index in [-0.39, 0.29) is 34.7 Å². The maximum absolute atomic E-state index is 13.6. The van der Waals surface area contributed by atoms with Crippen molar-refractivity contribution < 1.29 is 14.7 Å². The molecule has 4 saturated heterocycles. The molecule has 2 amide bonds. The second-order valence-electron chi connectivity index (χ2n) is 14.7. The van der Waals surface area contributed by atoms with Gasteiger partial charge in [-0.3, -0.25) is 14.4 Å². The fourth-order valence-electron chi connectivity index (χ4n) is 8.23. The third-order valence-electron chi connectivity index (χ3n) is 11.3. The SMILES string of the molecule is CN1C[C@@H](Nc2cnn(C)c(=O)c2Br)C[C@@H](c2ccc(C(=O)N3CCC4(CC3)CCN(c3ncc(C5CCC(O)NC5=O)cn3)CC4)cc2)C1. The van der Waals surface area contributed by atoms with Gasteiger partial charge in [0.1, 0.15) is 10.7 Å². The van der Waals surface area contributed by atoms with Gasteiger partial charge >= 0.3 is 0 Å². The minimum Gasteiger partial charge on any atom is -0.379 e. The van der Waals surface area contributed by atoms with E-state index in [4.69, 9.17) is 0 Å². The zero-order chi connectivity index (χ0) is 35.0. The fraction of sp³-hybridized carbons (Fsp3) is 0.556. The number of rotatable bonds is 6. The minimum atomic E-state index is -0.772. The number of benzene rings is 1. The fourth-order valence-corrected chi connectivity index (χ4v) is 8.70. The van der Waals surface area contributed by atoms with Gasteiger partial charge in [-0.2, -0.15) is 5.10 Å². The number of aryl methyl sites for hydroxylation is 1. The number of hydrogen-bond acceptors (Lipinski definition) is 10. The molecule has 0 aliphatic carbocycles. The lowest BCUT2D eigenvalue weighted by Gasteiger charge is -2.46. The number of aliphatic hydroxyl groups is 1. The lowest BCUT2D eigenvalue weighted by Crippen LogP contribution is -2.48. The Bertz CT molecular complexity index is 1750. The summed E-state index contributed by atoms with van der Waals surface area (Å²) in [6.45, 7) is 5.05. The standard InChI is InChI=1S/C36H46BrN9O4/c1-43-21-25(17-27(22-43)41-29-20-40-44(2)34(50)31(29)37)23-3-5-24(6-4-23)33(49)45-13-9-36(10-14-45)11-15-46(16-12-36)35-38-18-26(19-39-35)28-7-8-30(47)42-32(28)48/h3-6,18-20,25,27-28,30,41,47H,7-17,21-22H2,1-2H3,(H,42,48)/t25-,27+,28?,30?/m1/s1. The lowest BCUT2D eigenvalue weighted by molar-refractivity contribution is -0.128. The van der Waals surface area contributed by atoms with Crippen LogP contribution in [-0.4, -0.2) is 105 Å². The number of carbonyl (C=O) groups excluding carboxylic acids is 2. The molecule has 0 radical (unpaired) electrons. The van der Waals surface area contributed by atoms with Crippen molar-refractivity contribution >= 4 is 39.4 Å². The number of likely N-dealkylation sites (N-methyl/N-ethyl adjacent to an activating group) is 1. The van der Waals surface area contributed by atoms with Crippen LogP contribution in [0.1, 0.15) is 78.3 Å². The number of amides is 2. The van der Waals surface area contributed by atoms with Crippen LogP contribution in [0.3, 0.4) is 0 Å². The molecular formula is C36H46BrN9O4. The third kappa shape index (κ3) is 7.28. The Morgan fingerprint density at radius 3 is 2.30 bits per heavy atom. The lowest BCUT2D eigenvalue weighted by atomic mass is 9.71. The van der Waals surface area contributed by atoms with Crippen LogP contribution >= 0.6 is 15.9 Å². The maximum atomic E-state index is 13.6. The summed E-state index contributed by atoms with van der Waals surface area (Å²) in [6, 6.07) is 8.32. The first-order valence-corrected chi connectivity index (χ1v) is 18.5. The predicted octanol–water partition coefficient (Wildman–Crippen LogP) is 3.07. The maximum Gasteiger partial charge on any atom is 0.282 e. The number of piperidine rings is 4. The van der Waals surface area contributed by atoms with Crippen LogP contribution in [0, 0.1) is 5.41 Å². The van der Waals surface area contributed by atoms with Gasteiger partial charge in [-0.05, 0) is 97.0 Å². The summed E-state index contributed by atoms with van der Waals surface area (Å²) in [5, 5.41) is 19.9. The van der Waals surface area contributed by atoms with Crippen LogP contribution in [-0.2, 0) is 11.8 Å². The molecule has 13 nitrogen and oxygen atoms in total. The topological polar surface area (TPSA) is 149 Å². The van der Waals surface area contributed by atoms with Gasteiger partial charge < -0.3 is 30.4 Å². The Morgan fingerprint density at radius 2 is 1.62 bits per heavy atom. The van der Waals surface area contributed by atoms with Crippen molar-refractivity contribution in [2.75, 3.05) is 56.5 Å². The van der Waals surface area contributed by atoms with Crippen LogP contribution < -0.4 is 21.1 Å². The number of nitrogens with one attached hydrogen (secondary N) is 2. The van der Waals surface area contributed by atoms with Crippen molar-refractivity contribution in [2.45, 2.75) is 69.1 Å². The Kier molecular flexibility index (Phi) is 9.95. The van der Waals surface area contributed by atoms with Crippen LogP contribution in [0.2, 0.25) is 0 Å². The number of aliphatic hydroxyl groups excluding tert-OH is 1. The van der Waals surface area contributed by atoms with E-state index in [1.54, 1.807) is 25.6 Å². The van der Waals surface area contributed by atoms with Gasteiger partial charge in [0, 0.05) is 75.9 Å². The molecule has 4 fully saturated rings. The van der Waals surface area contributed by atoms with E-state index in [1.165, 1.54) is 10.2 Å². The van der Waals surface area contributed by atoms with Crippen LogP contribution in [0.15, 0.2) is 52.1 Å². The van der Waals surface area contributed by atoms with Crippen LogP contribution in [0.4, 0.5) is 11.6 Å². The predicted molar refractivity (Wildman–Crippen MR) is 193 cm³/mol. The molecule has 0 saturated carbocycles. The third-order valence-corrected chi connectivity index (χ3v) is 12.1. The highest BCUT2D eigenvalue weighted by atomic mass is 79.9. The normalized spacial score (nSPS) is 25.7. The number of nitrogens with zero attached hydrogens (tertiary/aromatic N) is 7. The zero-order valence-corrected chi connectivity index (χ0v) is 30.3. The Labute approximate surface area is 300 Å². The van der Waals surface area contributed by atoms with Crippen molar-refractivity contribution in [2.24, 2.45) is 12.5 Å². The highest BCUT2D eigenvalue weighted by Crippen LogP contribution is 2.42. The van der Waals surface area contributed by atoms with E-state index in [0.29, 0.717) is 34.9 Å². The summed E-state index contributed by atoms with van der Waals surface area (Å²) >= 11 is 3.43. The molecule has 0 bridgehead atoms. The zero-order valence-electron chi connectivity index (χ0n) is 28.7. The Hall–Kier alpha value is -3.88. The van der Waals surface area contributed by atoms with Gasteiger partial charge in [-0.1, -0.05) is 12.1 Å². The summed E-state index contributed by atoms with van der Waals surface area (Å²) in [7, 11) is 3.75. The smallest absolute Gasteiger partial charge is 0.282 e. The number of hydrogen-bond donors (Lipinski definition) is 3. The average molecular weight is 749 g/mol. The van der Waals surface area contributed by atoms with Gasteiger partial charge in [0.05, 0.1) is 17.8 Å². The highest BCUT2D eigenvalue weighted by Gasteiger charge is 2.39. The van der Waals surface area contributed by atoms with E-state index in [1.807, 2.05) is 17.0 Å². The number of halogens is 1. The van der Waals surface area contributed by atoms with Gasteiger partial charge in [-0.15, -0.1) is 0 Å². The first kappa shape index (κ1) is 34.6. The van der Waals surface area contributed by atoms with Crippen LogP contribution in [0.25, 0.3) is 0 Å². The molecule has 266 valence electrons. The van der Waals surface area contributed by atoms with Crippen molar-refractivity contribution in [1.29, 1.82) is 0 Å². The molecule has 14 heteroatoms. The van der Waals surface area contributed by atoms with Crippen molar-refractivity contribution in [3.8, 4) is 0 Å². The molecule has 50 heavy (non-hydrogen) atoms. The summed E-state index contributed by atoms with van der Waals surface area (Å²) in [4.78, 5) is 53.9. The molecule has 6 heterocycles. The molecular weight excluding hydrogens is 702 g/mol. The number of carbonyl (C=O) groups is 2. The number of likely N-dealkylation sites (tertiary alicyclic amines) is 2. The Balaban J connectivity index is 0.900. The first-order chi connectivity index (χ1) is 24.1. The Morgan fingerprint density at radius 1 is 0.940 bits per heavy atom. The summed E-state index contributed by atoms with van der Waals surface area (Å²) in [6.07, 6.45) is 10.5. The molecule has 2 unspecified atom stereocenters. The molecule has 2 aromatic heterocycles. The molecule has 1 spiro atoms. The molecule has 1 aromatic carbocycles. The first-order valence-electron chi connectivity index (χ1n) is 17.7. The summed E-state index contributed by atoms with van der Waals surface area (Å²) in [5.41, 5.74) is 3.49. The molecule has 4 atom stereocenters. The molecule has 7 rings (SSSR count). The van der Waals surface area contributed by atoms with Gasteiger partial charge in [0.25, 0.3) is 11.5 Å². The largest absolute Gasteiger partial charge is 0.379 e. The summed E-state index contributed by atoms with van der Waals surface area (Å²) in [5.74, 6) is 0.589. The quantitative estimate of drug-likeness (QED) is 0.344. The average Bonchev–Trinajstić information content (AvgIpc) is 3.12. The van der Waals surface area contributed by atoms with Crippen LogP contribution in [0.5, 0.6) is 0 Å². The van der Waals surface area contributed by atoms with E-state index in [0.717, 1.165) is 82.5 Å². The molecule has 3 aromatic rings. The molecule has 4 aliphatic heterocycles. The van der Waals surface area contributed by atoms with Crippen molar-refractivity contribution in [3.05, 3.63) is 74.4 Å².